The van der Waals surface area contributed by atoms with Crippen molar-refractivity contribution in [3.05, 3.63) is 16.6 Å². The van der Waals surface area contributed by atoms with Crippen molar-refractivity contribution in [2.24, 2.45) is 0 Å². The average molecular weight is 185 g/mol. The Morgan fingerprint density at radius 1 is 1.58 bits per heavy atom. The van der Waals surface area contributed by atoms with Gasteiger partial charge in [0.1, 0.15) is 5.78 Å². The minimum Gasteiger partial charge on any atom is -0.299 e. The van der Waals surface area contributed by atoms with Gasteiger partial charge in [0.25, 0.3) is 0 Å². The zero-order valence-corrected chi connectivity index (χ0v) is 8.65. The number of nitrogens with zero attached hydrogens (tertiary/aromatic N) is 1. The molecule has 0 atom stereocenters. The minimum atomic E-state index is 0.259. The van der Waals surface area contributed by atoms with Crippen LogP contribution in [0.3, 0.4) is 0 Å². The maximum atomic E-state index is 10.8. The molecular weight excluding hydrogens is 170 g/mol. The number of carbonyl (C=O) groups is 1. The van der Waals surface area contributed by atoms with Crippen LogP contribution in [0.2, 0.25) is 0 Å². The first-order valence-electron chi connectivity index (χ1n) is 4.23. The van der Waals surface area contributed by atoms with Crippen molar-refractivity contribution in [3.63, 3.8) is 0 Å². The fraction of sp³-hybridized carbons (Fsp3) is 0.556. The average Bonchev–Trinajstić information content (AvgIpc) is 2.60. The van der Waals surface area contributed by atoms with Gasteiger partial charge in [-0.05, 0) is 0 Å². The van der Waals surface area contributed by atoms with Gasteiger partial charge in [0.15, 0.2) is 0 Å². The van der Waals surface area contributed by atoms with E-state index in [1.165, 1.54) is 11.3 Å². The van der Waals surface area contributed by atoms with E-state index in [-0.39, 0.29) is 5.78 Å². The summed E-state index contributed by atoms with van der Waals surface area (Å²) in [6.07, 6.45) is 2.84. The molecule has 0 radical (unpaired) electrons. The summed E-state index contributed by atoms with van der Waals surface area (Å²) >= 11 is 1.53. The van der Waals surface area contributed by atoms with E-state index in [1.54, 1.807) is 6.20 Å². The van der Waals surface area contributed by atoms with Crippen molar-refractivity contribution in [3.8, 4) is 0 Å². The SMILES string of the molecule is CC.CCC(=O)Cc1nccs1. The second-order valence-corrected chi connectivity index (χ2v) is 2.97. The third-order valence-corrected chi connectivity index (χ3v) is 2.01. The molecule has 3 heteroatoms. The molecule has 0 amide bonds. The summed E-state index contributed by atoms with van der Waals surface area (Å²) in [5.74, 6) is 0.259. The molecule has 1 rings (SSSR count). The fourth-order valence-electron chi connectivity index (χ4n) is 0.634. The highest BCUT2D eigenvalue weighted by Crippen LogP contribution is 2.05. The van der Waals surface area contributed by atoms with Crippen molar-refractivity contribution in [2.45, 2.75) is 33.6 Å². The van der Waals surface area contributed by atoms with E-state index in [9.17, 15) is 4.79 Å². The molecule has 12 heavy (non-hydrogen) atoms. The minimum absolute atomic E-state index is 0.259. The highest BCUT2D eigenvalue weighted by molar-refractivity contribution is 7.09. The largest absolute Gasteiger partial charge is 0.299 e. The number of Topliss-reactive ketones (excluding diaryl/α,β-unsaturated/α-hetero) is 1. The topological polar surface area (TPSA) is 30.0 Å². The number of rotatable bonds is 3. The van der Waals surface area contributed by atoms with Crippen LogP contribution < -0.4 is 0 Å². The Kier molecular flexibility index (Phi) is 6.57. The number of aromatic nitrogens is 1. The molecule has 0 bridgehead atoms. The second kappa shape index (κ2) is 6.98. The summed E-state index contributed by atoms with van der Waals surface area (Å²) < 4.78 is 0. The van der Waals surface area contributed by atoms with Crippen molar-refractivity contribution >= 4 is 17.1 Å². The monoisotopic (exact) mass is 185 g/mol. The summed E-state index contributed by atoms with van der Waals surface area (Å²) in [4.78, 5) is 14.8. The smallest absolute Gasteiger partial charge is 0.139 e. The Bertz CT molecular complexity index is 206. The Morgan fingerprint density at radius 3 is 2.67 bits per heavy atom. The maximum Gasteiger partial charge on any atom is 0.139 e. The van der Waals surface area contributed by atoms with Gasteiger partial charge in [0.05, 0.1) is 11.4 Å². The molecular formula is C9H15NOS. The Hall–Kier alpha value is -0.700. The molecule has 0 saturated carbocycles. The molecule has 0 unspecified atom stereocenters. The second-order valence-electron chi connectivity index (χ2n) is 1.99. The first-order chi connectivity index (χ1) is 5.83. The lowest BCUT2D eigenvalue weighted by atomic mass is 10.2. The van der Waals surface area contributed by atoms with Crippen molar-refractivity contribution in [2.75, 3.05) is 0 Å². The highest BCUT2D eigenvalue weighted by atomic mass is 32.1. The summed E-state index contributed by atoms with van der Waals surface area (Å²) in [6.45, 7) is 5.87. The van der Waals surface area contributed by atoms with Gasteiger partial charge >= 0.3 is 0 Å². The van der Waals surface area contributed by atoms with E-state index in [2.05, 4.69) is 4.98 Å². The third-order valence-electron chi connectivity index (χ3n) is 1.23. The lowest BCUT2D eigenvalue weighted by molar-refractivity contribution is -0.118. The van der Waals surface area contributed by atoms with Crippen LogP contribution in [-0.4, -0.2) is 10.8 Å². The molecule has 0 saturated heterocycles. The number of ketones is 1. The predicted octanol–water partition coefficient (Wildman–Crippen LogP) is 2.69. The van der Waals surface area contributed by atoms with Crippen molar-refractivity contribution in [1.29, 1.82) is 0 Å². The quantitative estimate of drug-likeness (QED) is 0.724. The zero-order valence-electron chi connectivity index (χ0n) is 7.83. The molecule has 1 heterocycles. The highest BCUT2D eigenvalue weighted by Gasteiger charge is 2.01. The van der Waals surface area contributed by atoms with Gasteiger partial charge in [0.2, 0.25) is 0 Å². The zero-order chi connectivity index (χ0) is 9.40. The van der Waals surface area contributed by atoms with Crippen molar-refractivity contribution < 1.29 is 4.79 Å². The van der Waals surface area contributed by atoms with Crippen LogP contribution in [-0.2, 0) is 11.2 Å². The first kappa shape index (κ1) is 11.3. The molecule has 0 aliphatic heterocycles. The summed E-state index contributed by atoms with van der Waals surface area (Å²) in [7, 11) is 0. The van der Waals surface area contributed by atoms with E-state index in [0.29, 0.717) is 12.8 Å². The third kappa shape index (κ3) is 4.23. The van der Waals surface area contributed by atoms with Gasteiger partial charge < -0.3 is 0 Å². The van der Waals surface area contributed by atoms with Gasteiger partial charge in [-0.15, -0.1) is 11.3 Å². The van der Waals surface area contributed by atoms with E-state index in [4.69, 9.17) is 0 Å². The molecule has 1 aromatic heterocycles. The molecule has 2 nitrogen and oxygen atoms in total. The molecule has 0 aliphatic rings. The van der Waals surface area contributed by atoms with Crippen LogP contribution in [0.1, 0.15) is 32.2 Å². The van der Waals surface area contributed by atoms with E-state index >= 15 is 0 Å². The van der Waals surface area contributed by atoms with Crippen molar-refractivity contribution in [1.82, 2.24) is 4.98 Å². The fourth-order valence-corrected chi connectivity index (χ4v) is 1.28. The predicted molar refractivity (Wildman–Crippen MR) is 52.5 cm³/mol. The molecule has 1 aromatic rings. The van der Waals surface area contributed by atoms with Gasteiger partial charge in [-0.2, -0.15) is 0 Å². The summed E-state index contributed by atoms with van der Waals surface area (Å²) in [5.41, 5.74) is 0. The van der Waals surface area contributed by atoms with E-state index in [1.807, 2.05) is 26.2 Å². The van der Waals surface area contributed by atoms with Crippen LogP contribution in [0.4, 0.5) is 0 Å². The summed E-state index contributed by atoms with van der Waals surface area (Å²) in [6, 6.07) is 0. The summed E-state index contributed by atoms with van der Waals surface area (Å²) in [5, 5.41) is 2.81. The van der Waals surface area contributed by atoms with Gasteiger partial charge in [-0.25, -0.2) is 4.98 Å². The van der Waals surface area contributed by atoms with Crippen LogP contribution in [0.5, 0.6) is 0 Å². The van der Waals surface area contributed by atoms with Crippen LogP contribution in [0, 0.1) is 0 Å². The van der Waals surface area contributed by atoms with Crippen LogP contribution in [0.25, 0.3) is 0 Å². The van der Waals surface area contributed by atoms with E-state index < -0.39 is 0 Å². The molecule has 0 spiro atoms. The van der Waals surface area contributed by atoms with Crippen LogP contribution >= 0.6 is 11.3 Å². The van der Waals surface area contributed by atoms with Gasteiger partial charge in [-0.3, -0.25) is 4.79 Å². The molecule has 0 fully saturated rings. The lowest BCUT2D eigenvalue weighted by Gasteiger charge is -1.89. The number of hydrogen-bond donors (Lipinski definition) is 0. The molecule has 68 valence electrons. The number of hydrogen-bond acceptors (Lipinski definition) is 3. The maximum absolute atomic E-state index is 10.8. The molecule has 0 N–H and O–H groups in total. The first-order valence-corrected chi connectivity index (χ1v) is 5.11. The Morgan fingerprint density at radius 2 is 2.25 bits per heavy atom. The Balaban J connectivity index is 0.000000561. The molecule has 0 aliphatic carbocycles. The standard InChI is InChI=1S/C7H9NOS.C2H6/c1-2-6(9)5-7-8-3-4-10-7;1-2/h3-4H,2,5H2,1H3;1-2H3. The van der Waals surface area contributed by atoms with Crippen LogP contribution in [0.15, 0.2) is 11.6 Å². The van der Waals surface area contributed by atoms with Gasteiger partial charge in [0, 0.05) is 18.0 Å². The molecule has 0 aromatic carbocycles. The number of carbonyl (C=O) groups excluding carboxylic acids is 1. The van der Waals surface area contributed by atoms with E-state index in [0.717, 1.165) is 5.01 Å². The number of thiazole rings is 1. The Labute approximate surface area is 77.6 Å². The lowest BCUT2D eigenvalue weighted by Crippen LogP contribution is -1.98. The van der Waals surface area contributed by atoms with Gasteiger partial charge in [-0.1, -0.05) is 20.8 Å². The normalized spacial score (nSPS) is 8.58.